The zero-order chi connectivity index (χ0) is 22.6. The second-order valence-corrected chi connectivity index (χ2v) is 8.75. The van der Waals surface area contributed by atoms with Gasteiger partial charge in [-0.1, -0.05) is 115 Å². The van der Waals surface area contributed by atoms with Gasteiger partial charge in [-0.3, -0.25) is 0 Å². The number of rotatable bonds is 2. The van der Waals surface area contributed by atoms with Crippen molar-refractivity contribution in [3.63, 3.8) is 0 Å². The second-order valence-electron chi connectivity index (χ2n) is 8.75. The van der Waals surface area contributed by atoms with Crippen molar-refractivity contribution >= 4 is 27.2 Å². The minimum Gasteiger partial charge on any atom is -0.238 e. The first-order valence-corrected chi connectivity index (χ1v) is 11.5. The monoisotopic (exact) mass is 429 g/mol. The van der Waals surface area contributed by atoms with Crippen LogP contribution in [-0.2, 0) is 0 Å². The van der Waals surface area contributed by atoms with Crippen LogP contribution in [0.25, 0.3) is 70.9 Å². The second kappa shape index (κ2) is 7.17. The molecular weight excluding hydrogens is 410 g/mol. The van der Waals surface area contributed by atoms with Gasteiger partial charge in [0.2, 0.25) is 0 Å². The van der Waals surface area contributed by atoms with Crippen molar-refractivity contribution in [3.05, 3.63) is 127 Å². The normalized spacial score (nSPS) is 11.5. The molecule has 156 valence electrons. The van der Waals surface area contributed by atoms with E-state index < -0.39 is 0 Å². The number of fused-ring (bicyclic) bond motifs is 4. The van der Waals surface area contributed by atoms with Crippen molar-refractivity contribution in [2.75, 3.05) is 0 Å². The van der Waals surface area contributed by atoms with Crippen LogP contribution in [0.3, 0.4) is 0 Å². The van der Waals surface area contributed by atoms with Gasteiger partial charge >= 0.3 is 0 Å². The third-order valence-corrected chi connectivity index (χ3v) is 7.02. The van der Waals surface area contributed by atoms with Gasteiger partial charge in [-0.05, 0) is 66.1 Å². The summed E-state index contributed by atoms with van der Waals surface area (Å²) in [6.45, 7) is 7.74. The predicted octanol–water partition coefficient (Wildman–Crippen LogP) is 9.53. The summed E-state index contributed by atoms with van der Waals surface area (Å²) < 4.78 is 0. The van der Waals surface area contributed by atoms with Gasteiger partial charge in [-0.25, -0.2) is 4.85 Å². The van der Waals surface area contributed by atoms with E-state index >= 15 is 0 Å². The highest BCUT2D eigenvalue weighted by Crippen LogP contribution is 2.58. The third kappa shape index (κ3) is 2.48. The first-order valence-electron chi connectivity index (χ1n) is 11.5. The summed E-state index contributed by atoms with van der Waals surface area (Å²) in [6.07, 6.45) is 0. The predicted molar refractivity (Wildman–Crippen MR) is 143 cm³/mol. The highest BCUT2D eigenvalue weighted by atomic mass is 14.6. The molecule has 0 bridgehead atoms. The fourth-order valence-corrected chi connectivity index (χ4v) is 5.69. The van der Waals surface area contributed by atoms with Crippen LogP contribution in [-0.4, -0.2) is 0 Å². The maximum atomic E-state index is 7.74. The van der Waals surface area contributed by atoms with Gasteiger partial charge in [-0.2, -0.15) is 0 Å². The fourth-order valence-electron chi connectivity index (χ4n) is 5.69. The van der Waals surface area contributed by atoms with Gasteiger partial charge in [0.15, 0.2) is 5.69 Å². The topological polar surface area (TPSA) is 4.36 Å². The lowest BCUT2D eigenvalue weighted by atomic mass is 9.82. The van der Waals surface area contributed by atoms with Gasteiger partial charge in [0.25, 0.3) is 0 Å². The zero-order valence-electron chi connectivity index (χ0n) is 18.4. The maximum absolute atomic E-state index is 7.74. The Balaban J connectivity index is 1.77. The SMILES string of the molecule is [C-]#[N+]c1ccc2c3c(cccc13)-c1c-2c(-c2ccccc2)c2ccccc2c1-c1ccccc1. The van der Waals surface area contributed by atoms with E-state index in [-0.39, 0.29) is 0 Å². The molecule has 0 N–H and O–H groups in total. The lowest BCUT2D eigenvalue weighted by molar-refractivity contribution is 1.62. The molecule has 0 aromatic heterocycles. The molecule has 1 nitrogen and oxygen atoms in total. The maximum Gasteiger partial charge on any atom is 0.194 e. The van der Waals surface area contributed by atoms with E-state index in [1.165, 1.54) is 60.7 Å². The first-order chi connectivity index (χ1) is 16.9. The van der Waals surface area contributed by atoms with Crippen LogP contribution >= 0.6 is 0 Å². The summed E-state index contributed by atoms with van der Waals surface area (Å²) in [5.41, 5.74) is 10.6. The highest BCUT2D eigenvalue weighted by Gasteiger charge is 2.30. The summed E-state index contributed by atoms with van der Waals surface area (Å²) in [6, 6.07) is 40.7. The smallest absolute Gasteiger partial charge is 0.194 e. The molecule has 1 aliphatic carbocycles. The van der Waals surface area contributed by atoms with Crippen LogP contribution in [0, 0.1) is 6.57 Å². The molecule has 6 aromatic carbocycles. The standard InChI is InChI=1S/C33H19N/c1-34-28-20-19-27-31-25(28)17-10-18-26(31)32-29(21-11-4-2-5-12-21)23-15-8-9-16-24(23)30(33(27)32)22-13-6-3-7-14-22/h2-20H. The molecule has 0 saturated carbocycles. The molecule has 0 fully saturated rings. The number of benzene rings is 6. The van der Waals surface area contributed by atoms with Crippen molar-refractivity contribution < 1.29 is 0 Å². The van der Waals surface area contributed by atoms with Crippen LogP contribution in [0.4, 0.5) is 5.69 Å². The summed E-state index contributed by atoms with van der Waals surface area (Å²) in [4.78, 5) is 3.84. The molecule has 0 atom stereocenters. The largest absolute Gasteiger partial charge is 0.238 e. The molecule has 0 spiro atoms. The van der Waals surface area contributed by atoms with Gasteiger partial charge in [-0.15, -0.1) is 0 Å². The fraction of sp³-hybridized carbons (Fsp3) is 0. The van der Waals surface area contributed by atoms with E-state index in [0.717, 1.165) is 5.39 Å². The molecule has 0 unspecified atom stereocenters. The van der Waals surface area contributed by atoms with Gasteiger partial charge in [0.05, 0.1) is 6.57 Å². The summed E-state index contributed by atoms with van der Waals surface area (Å²) in [7, 11) is 0. The quantitative estimate of drug-likeness (QED) is 0.241. The van der Waals surface area contributed by atoms with Crippen LogP contribution in [0.15, 0.2) is 115 Å². The molecule has 0 aliphatic heterocycles. The van der Waals surface area contributed by atoms with Crippen molar-refractivity contribution in [2.24, 2.45) is 0 Å². The Hall–Kier alpha value is -4.67. The van der Waals surface area contributed by atoms with Crippen molar-refractivity contribution in [1.29, 1.82) is 0 Å². The lowest BCUT2D eigenvalue weighted by Crippen LogP contribution is -1.93. The molecule has 0 amide bonds. The van der Waals surface area contributed by atoms with Crippen molar-refractivity contribution in [3.8, 4) is 44.5 Å². The molecule has 6 aromatic rings. The number of hydrogen-bond acceptors (Lipinski definition) is 0. The molecule has 0 heterocycles. The minimum absolute atomic E-state index is 0.709. The van der Waals surface area contributed by atoms with Crippen molar-refractivity contribution in [1.82, 2.24) is 0 Å². The Morgan fingerprint density at radius 1 is 0.412 bits per heavy atom. The average Bonchev–Trinajstić information content (AvgIpc) is 3.24. The minimum atomic E-state index is 0.709. The van der Waals surface area contributed by atoms with E-state index in [1.807, 2.05) is 6.07 Å². The molecule has 34 heavy (non-hydrogen) atoms. The molecule has 7 rings (SSSR count). The summed E-state index contributed by atoms with van der Waals surface area (Å²) in [5, 5.41) is 4.72. The van der Waals surface area contributed by atoms with Gasteiger partial charge in [0.1, 0.15) is 0 Å². The average molecular weight is 430 g/mol. The Bertz CT molecular complexity index is 1700. The third-order valence-electron chi connectivity index (χ3n) is 7.02. The zero-order valence-corrected chi connectivity index (χ0v) is 18.4. The Labute approximate surface area is 198 Å². The molecule has 0 saturated heterocycles. The molecular formula is C33H19N. The Kier molecular flexibility index (Phi) is 3.98. The lowest BCUT2D eigenvalue weighted by Gasteiger charge is -2.20. The van der Waals surface area contributed by atoms with Gasteiger partial charge in [0, 0.05) is 0 Å². The summed E-state index contributed by atoms with van der Waals surface area (Å²) >= 11 is 0. The molecule has 0 radical (unpaired) electrons. The van der Waals surface area contributed by atoms with E-state index in [0.29, 0.717) is 5.69 Å². The van der Waals surface area contributed by atoms with E-state index in [9.17, 15) is 0 Å². The number of nitrogens with zero attached hydrogens (tertiary/aromatic N) is 1. The van der Waals surface area contributed by atoms with Crippen molar-refractivity contribution in [2.45, 2.75) is 0 Å². The van der Waals surface area contributed by atoms with Gasteiger partial charge < -0.3 is 0 Å². The van der Waals surface area contributed by atoms with Crippen LogP contribution in [0.5, 0.6) is 0 Å². The molecule has 1 aliphatic rings. The van der Waals surface area contributed by atoms with E-state index in [4.69, 9.17) is 6.57 Å². The summed E-state index contributed by atoms with van der Waals surface area (Å²) in [5.74, 6) is 0. The van der Waals surface area contributed by atoms with Crippen LogP contribution in [0.2, 0.25) is 0 Å². The Morgan fingerprint density at radius 2 is 0.912 bits per heavy atom. The Morgan fingerprint density at radius 3 is 1.47 bits per heavy atom. The first kappa shape index (κ1) is 18.9. The highest BCUT2D eigenvalue weighted by molar-refractivity contribution is 6.28. The van der Waals surface area contributed by atoms with Crippen LogP contribution in [0.1, 0.15) is 0 Å². The van der Waals surface area contributed by atoms with E-state index in [1.54, 1.807) is 0 Å². The number of hydrogen-bond donors (Lipinski definition) is 0. The van der Waals surface area contributed by atoms with Crippen LogP contribution < -0.4 is 0 Å². The molecule has 1 heteroatoms. The van der Waals surface area contributed by atoms with E-state index in [2.05, 4.69) is 114 Å².